The van der Waals surface area contributed by atoms with Gasteiger partial charge in [0.25, 0.3) is 0 Å². The Hall–Kier alpha value is -2.74. The van der Waals surface area contributed by atoms with Gasteiger partial charge in [0, 0.05) is 30.3 Å². The summed E-state index contributed by atoms with van der Waals surface area (Å²) in [5.74, 6) is -2.89. The molecular weight excluding hydrogens is 360 g/mol. The first-order valence-corrected chi connectivity index (χ1v) is 9.74. The third kappa shape index (κ3) is 2.47. The van der Waals surface area contributed by atoms with Gasteiger partial charge in [-0.1, -0.05) is 31.5 Å². The second kappa shape index (κ2) is 6.70. The predicted molar refractivity (Wildman–Crippen MR) is 101 cm³/mol. The minimum absolute atomic E-state index is 0.0800. The van der Waals surface area contributed by atoms with Crippen LogP contribution >= 0.6 is 0 Å². The number of primary amides is 1. The molecule has 0 saturated carbocycles. The Morgan fingerprint density at radius 1 is 1.21 bits per heavy atom. The van der Waals surface area contributed by atoms with E-state index in [1.807, 2.05) is 19.1 Å². The van der Waals surface area contributed by atoms with Crippen molar-refractivity contribution in [1.29, 1.82) is 0 Å². The summed E-state index contributed by atoms with van der Waals surface area (Å²) in [6.07, 6.45) is 1.95. The summed E-state index contributed by atoms with van der Waals surface area (Å²) in [6, 6.07) is 6.73. The Bertz CT molecular complexity index is 870. The lowest BCUT2D eigenvalue weighted by Gasteiger charge is -2.29. The highest BCUT2D eigenvalue weighted by Gasteiger charge is 2.70. The summed E-state index contributed by atoms with van der Waals surface area (Å²) in [4.78, 5) is 52.2. The van der Waals surface area contributed by atoms with Crippen LogP contribution in [0.1, 0.15) is 38.2 Å². The number of rotatable bonds is 6. The monoisotopic (exact) mass is 384 g/mol. The van der Waals surface area contributed by atoms with Gasteiger partial charge in [0.15, 0.2) is 0 Å². The number of likely N-dealkylation sites (tertiary alicyclic amines) is 1. The van der Waals surface area contributed by atoms with Gasteiger partial charge in [-0.3, -0.25) is 29.4 Å². The average molecular weight is 384 g/mol. The summed E-state index contributed by atoms with van der Waals surface area (Å²) in [5.41, 5.74) is 5.33. The van der Waals surface area contributed by atoms with Crippen LogP contribution in [0.3, 0.4) is 0 Å². The van der Waals surface area contributed by atoms with Crippen LogP contribution in [0.4, 0.5) is 5.69 Å². The molecule has 4 amide bonds. The Kier molecular flexibility index (Phi) is 4.45. The number of imide groups is 1. The van der Waals surface area contributed by atoms with Crippen LogP contribution in [0.2, 0.25) is 0 Å². The number of nitrogens with two attached hydrogens (primary N) is 1. The normalized spacial score (nSPS) is 30.7. The van der Waals surface area contributed by atoms with E-state index in [9.17, 15) is 19.2 Å². The van der Waals surface area contributed by atoms with Crippen molar-refractivity contribution in [2.24, 2.45) is 17.6 Å². The molecule has 2 saturated heterocycles. The molecular formula is C20H24N4O4. The summed E-state index contributed by atoms with van der Waals surface area (Å²) in [5, 5.41) is 6.13. The fraction of sp³-hybridized carbons (Fsp3) is 0.500. The minimum Gasteiger partial charge on any atom is -0.370 e. The van der Waals surface area contributed by atoms with Crippen molar-refractivity contribution in [3.05, 3.63) is 29.8 Å². The van der Waals surface area contributed by atoms with Gasteiger partial charge in [0.1, 0.15) is 5.54 Å². The van der Waals surface area contributed by atoms with Gasteiger partial charge in [-0.2, -0.15) is 0 Å². The molecule has 8 heteroatoms. The number of nitrogens with one attached hydrogen (secondary N) is 2. The number of carbonyl (C=O) groups is 4. The van der Waals surface area contributed by atoms with E-state index in [0.29, 0.717) is 30.6 Å². The minimum atomic E-state index is -1.29. The topological polar surface area (TPSA) is 122 Å². The molecule has 0 aliphatic carbocycles. The van der Waals surface area contributed by atoms with Crippen LogP contribution in [0, 0.1) is 11.8 Å². The van der Waals surface area contributed by atoms with E-state index in [-0.39, 0.29) is 24.1 Å². The molecule has 0 unspecified atom stereocenters. The third-order valence-corrected chi connectivity index (χ3v) is 6.15. The van der Waals surface area contributed by atoms with Gasteiger partial charge < -0.3 is 11.1 Å². The first kappa shape index (κ1) is 18.6. The smallest absolute Gasteiger partial charge is 0.250 e. The maximum absolute atomic E-state index is 13.3. The van der Waals surface area contributed by atoms with E-state index < -0.39 is 29.3 Å². The molecule has 3 aliphatic rings. The molecule has 1 aromatic carbocycles. The molecule has 1 spiro atoms. The van der Waals surface area contributed by atoms with Crippen LogP contribution in [-0.2, 0) is 24.7 Å². The first-order chi connectivity index (χ1) is 13.4. The van der Waals surface area contributed by atoms with Crippen molar-refractivity contribution >= 4 is 29.3 Å². The van der Waals surface area contributed by atoms with Gasteiger partial charge in [-0.05, 0) is 18.9 Å². The van der Waals surface area contributed by atoms with E-state index in [4.69, 9.17) is 5.73 Å². The molecule has 3 heterocycles. The molecule has 4 N–H and O–H groups in total. The highest BCUT2D eigenvalue weighted by Crippen LogP contribution is 2.53. The number of hydrogen-bond acceptors (Lipinski definition) is 5. The van der Waals surface area contributed by atoms with Gasteiger partial charge in [0.05, 0.1) is 11.8 Å². The molecule has 2 fully saturated rings. The van der Waals surface area contributed by atoms with E-state index in [0.717, 1.165) is 6.42 Å². The maximum Gasteiger partial charge on any atom is 0.250 e. The molecule has 8 nitrogen and oxygen atoms in total. The molecule has 0 bridgehead atoms. The fourth-order valence-corrected chi connectivity index (χ4v) is 4.90. The second-order valence-corrected chi connectivity index (χ2v) is 7.75. The Balaban J connectivity index is 1.79. The van der Waals surface area contributed by atoms with Crippen LogP contribution < -0.4 is 16.4 Å². The summed E-state index contributed by atoms with van der Waals surface area (Å²) in [6.45, 7) is 2.34. The Morgan fingerprint density at radius 3 is 2.68 bits per heavy atom. The molecule has 4 rings (SSSR count). The fourth-order valence-electron chi connectivity index (χ4n) is 4.90. The summed E-state index contributed by atoms with van der Waals surface area (Å²) >= 11 is 0. The van der Waals surface area contributed by atoms with Crippen LogP contribution in [0.15, 0.2) is 24.3 Å². The maximum atomic E-state index is 13.3. The molecule has 4 atom stereocenters. The Morgan fingerprint density at radius 2 is 1.96 bits per heavy atom. The molecule has 3 aliphatic heterocycles. The van der Waals surface area contributed by atoms with E-state index in [2.05, 4.69) is 10.6 Å². The lowest BCUT2D eigenvalue weighted by Crippen LogP contribution is -2.53. The zero-order valence-electron chi connectivity index (χ0n) is 15.7. The van der Waals surface area contributed by atoms with Crippen molar-refractivity contribution in [1.82, 2.24) is 10.2 Å². The molecule has 0 aromatic heterocycles. The third-order valence-electron chi connectivity index (χ3n) is 6.15. The number of para-hydroxylation sites is 1. The van der Waals surface area contributed by atoms with Crippen molar-refractivity contribution in [3.8, 4) is 0 Å². The van der Waals surface area contributed by atoms with Crippen molar-refractivity contribution < 1.29 is 19.2 Å². The average Bonchev–Trinajstić information content (AvgIpc) is 3.24. The number of fused-ring (bicyclic) bond motifs is 4. The van der Waals surface area contributed by atoms with E-state index >= 15 is 0 Å². The second-order valence-electron chi connectivity index (χ2n) is 7.75. The van der Waals surface area contributed by atoms with Gasteiger partial charge in [-0.25, -0.2) is 0 Å². The van der Waals surface area contributed by atoms with E-state index in [1.165, 1.54) is 4.90 Å². The summed E-state index contributed by atoms with van der Waals surface area (Å²) in [7, 11) is 0. The number of unbranched alkanes of at least 4 members (excludes halogenated alkanes) is 1. The molecule has 0 radical (unpaired) electrons. The lowest BCUT2D eigenvalue weighted by molar-refractivity contribution is -0.143. The lowest BCUT2D eigenvalue weighted by atomic mass is 9.76. The first-order valence-electron chi connectivity index (χ1n) is 9.74. The van der Waals surface area contributed by atoms with Crippen LogP contribution in [-0.4, -0.2) is 41.1 Å². The number of benzene rings is 1. The standard InChI is InChI=1S/C20H24N4O4/c1-2-3-10-24-17(26)15-13(8-9-14(21)25)23-20(16(15)18(24)27)11-6-4-5-7-12(11)22-19(20)28/h4-7,13,15-16,23H,2-3,8-10H2,1H3,(H2,21,25)(H,22,28)/t13-,15+,16-,20+/m0/s1. The number of anilines is 1. The number of amides is 4. The highest BCUT2D eigenvalue weighted by molar-refractivity contribution is 6.15. The Labute approximate surface area is 162 Å². The SMILES string of the molecule is CCCCN1C(=O)[C@@H]2[C@H](CCC(N)=O)N[C@@]3(C(=O)Nc4ccccc43)[C@@H]2C1=O. The predicted octanol–water partition coefficient (Wildman–Crippen LogP) is 0.473. The zero-order chi connectivity index (χ0) is 20.1. The van der Waals surface area contributed by atoms with Gasteiger partial charge in [0.2, 0.25) is 23.6 Å². The molecule has 1 aromatic rings. The summed E-state index contributed by atoms with van der Waals surface area (Å²) < 4.78 is 0. The molecule has 148 valence electrons. The molecule has 28 heavy (non-hydrogen) atoms. The van der Waals surface area contributed by atoms with Gasteiger partial charge >= 0.3 is 0 Å². The zero-order valence-corrected chi connectivity index (χ0v) is 15.7. The largest absolute Gasteiger partial charge is 0.370 e. The van der Waals surface area contributed by atoms with E-state index in [1.54, 1.807) is 12.1 Å². The van der Waals surface area contributed by atoms with Crippen LogP contribution in [0.5, 0.6) is 0 Å². The highest BCUT2D eigenvalue weighted by atomic mass is 16.2. The van der Waals surface area contributed by atoms with Gasteiger partial charge in [-0.15, -0.1) is 0 Å². The van der Waals surface area contributed by atoms with Crippen molar-refractivity contribution in [2.75, 3.05) is 11.9 Å². The number of hydrogen-bond donors (Lipinski definition) is 3. The number of carbonyl (C=O) groups excluding carboxylic acids is 4. The quantitative estimate of drug-likeness (QED) is 0.616. The van der Waals surface area contributed by atoms with Crippen molar-refractivity contribution in [3.63, 3.8) is 0 Å². The number of nitrogens with zero attached hydrogens (tertiary/aromatic N) is 1. The van der Waals surface area contributed by atoms with Crippen LogP contribution in [0.25, 0.3) is 0 Å². The van der Waals surface area contributed by atoms with Crippen molar-refractivity contribution in [2.45, 2.75) is 44.2 Å².